The summed E-state index contributed by atoms with van der Waals surface area (Å²) in [4.78, 5) is 14.4. The van der Waals surface area contributed by atoms with Crippen LogP contribution in [0.25, 0.3) is 0 Å². The maximum atomic E-state index is 12.4. The SMILES string of the molecule is CC1(C)O[C@@H]2[C@H](O1)C(=O)N1CCc3ccccc3[C@@H]21. The number of rotatable bonds is 0. The molecule has 0 unspecified atom stereocenters. The molecule has 0 aromatic heterocycles. The molecule has 19 heavy (non-hydrogen) atoms. The van der Waals surface area contributed by atoms with Crippen molar-refractivity contribution in [3.8, 4) is 0 Å². The fraction of sp³-hybridized carbons (Fsp3) is 0.533. The number of hydrogen-bond acceptors (Lipinski definition) is 3. The van der Waals surface area contributed by atoms with Crippen molar-refractivity contribution in [1.82, 2.24) is 4.90 Å². The third-order valence-corrected chi connectivity index (χ3v) is 4.30. The molecule has 2 saturated heterocycles. The summed E-state index contributed by atoms with van der Waals surface area (Å²) in [6, 6.07) is 8.35. The van der Waals surface area contributed by atoms with Crippen LogP contribution in [0, 0.1) is 0 Å². The van der Waals surface area contributed by atoms with Crippen LogP contribution < -0.4 is 0 Å². The average molecular weight is 259 g/mol. The average Bonchev–Trinajstić information content (AvgIpc) is 2.83. The Morgan fingerprint density at radius 1 is 1.26 bits per heavy atom. The first kappa shape index (κ1) is 11.4. The van der Waals surface area contributed by atoms with Crippen molar-refractivity contribution < 1.29 is 14.3 Å². The number of hydrogen-bond donors (Lipinski definition) is 0. The van der Waals surface area contributed by atoms with Gasteiger partial charge >= 0.3 is 0 Å². The Morgan fingerprint density at radius 3 is 2.89 bits per heavy atom. The number of benzene rings is 1. The highest BCUT2D eigenvalue weighted by atomic mass is 16.8. The van der Waals surface area contributed by atoms with E-state index in [-0.39, 0.29) is 18.1 Å². The fourth-order valence-corrected chi connectivity index (χ4v) is 3.57. The minimum atomic E-state index is -0.663. The second-order valence-electron chi connectivity index (χ2n) is 5.95. The van der Waals surface area contributed by atoms with Gasteiger partial charge in [-0.3, -0.25) is 4.79 Å². The molecule has 1 aromatic carbocycles. The van der Waals surface area contributed by atoms with Gasteiger partial charge in [0.25, 0.3) is 5.91 Å². The first-order chi connectivity index (χ1) is 9.07. The molecule has 3 heterocycles. The molecule has 1 amide bonds. The Kier molecular flexibility index (Phi) is 2.16. The van der Waals surface area contributed by atoms with E-state index < -0.39 is 11.9 Å². The number of nitrogens with zero attached hydrogens (tertiary/aromatic N) is 1. The summed E-state index contributed by atoms with van der Waals surface area (Å²) in [5.41, 5.74) is 2.54. The van der Waals surface area contributed by atoms with Crippen LogP contribution in [-0.2, 0) is 20.7 Å². The predicted octanol–water partition coefficient (Wildman–Crippen LogP) is 1.65. The highest BCUT2D eigenvalue weighted by molar-refractivity contribution is 5.86. The van der Waals surface area contributed by atoms with Crippen molar-refractivity contribution >= 4 is 5.91 Å². The molecule has 0 bridgehead atoms. The van der Waals surface area contributed by atoms with Crippen molar-refractivity contribution in [1.29, 1.82) is 0 Å². The molecule has 1 aromatic rings. The van der Waals surface area contributed by atoms with E-state index in [0.717, 1.165) is 13.0 Å². The molecule has 3 atom stereocenters. The quantitative estimate of drug-likeness (QED) is 0.711. The van der Waals surface area contributed by atoms with Gasteiger partial charge in [0.1, 0.15) is 6.10 Å². The number of fused-ring (bicyclic) bond motifs is 5. The summed E-state index contributed by atoms with van der Waals surface area (Å²) < 4.78 is 11.8. The second kappa shape index (κ2) is 3.58. The van der Waals surface area contributed by atoms with Crippen LogP contribution in [0.2, 0.25) is 0 Å². The molecule has 100 valence electrons. The van der Waals surface area contributed by atoms with Gasteiger partial charge in [-0.2, -0.15) is 0 Å². The van der Waals surface area contributed by atoms with Gasteiger partial charge in [-0.25, -0.2) is 0 Å². The Balaban J connectivity index is 1.80. The van der Waals surface area contributed by atoms with Crippen LogP contribution in [-0.4, -0.2) is 35.3 Å². The normalized spacial score (nSPS) is 34.9. The lowest BCUT2D eigenvalue weighted by molar-refractivity contribution is -0.173. The first-order valence-corrected chi connectivity index (χ1v) is 6.81. The number of carbonyl (C=O) groups excluding carboxylic acids is 1. The van der Waals surface area contributed by atoms with E-state index in [1.165, 1.54) is 11.1 Å². The van der Waals surface area contributed by atoms with E-state index in [0.29, 0.717) is 0 Å². The topological polar surface area (TPSA) is 38.8 Å². The minimum Gasteiger partial charge on any atom is -0.341 e. The molecule has 3 aliphatic heterocycles. The van der Waals surface area contributed by atoms with Gasteiger partial charge < -0.3 is 14.4 Å². The van der Waals surface area contributed by atoms with E-state index in [9.17, 15) is 4.79 Å². The van der Waals surface area contributed by atoms with Gasteiger partial charge in [0.15, 0.2) is 11.9 Å². The first-order valence-electron chi connectivity index (χ1n) is 6.81. The molecular weight excluding hydrogens is 242 g/mol. The number of carbonyl (C=O) groups is 1. The van der Waals surface area contributed by atoms with Crippen LogP contribution in [0.3, 0.4) is 0 Å². The molecule has 3 aliphatic rings. The molecule has 0 saturated carbocycles. The Hall–Kier alpha value is -1.39. The Morgan fingerprint density at radius 2 is 2.05 bits per heavy atom. The summed E-state index contributed by atoms with van der Waals surface area (Å²) in [5.74, 6) is -0.584. The second-order valence-corrected chi connectivity index (χ2v) is 5.95. The molecule has 4 heteroatoms. The van der Waals surface area contributed by atoms with Crippen molar-refractivity contribution in [2.24, 2.45) is 0 Å². The highest BCUT2D eigenvalue weighted by Gasteiger charge is 2.58. The summed E-state index contributed by atoms with van der Waals surface area (Å²) in [6.45, 7) is 4.51. The monoisotopic (exact) mass is 259 g/mol. The maximum Gasteiger partial charge on any atom is 0.255 e. The van der Waals surface area contributed by atoms with Gasteiger partial charge in [-0.05, 0) is 31.4 Å². The molecule has 0 aliphatic carbocycles. The third kappa shape index (κ3) is 1.50. The Bertz CT molecular complexity index is 554. The van der Waals surface area contributed by atoms with Gasteiger partial charge in [0.2, 0.25) is 0 Å². The summed E-state index contributed by atoms with van der Waals surface area (Å²) in [6.07, 6.45) is 0.302. The molecular formula is C15H17NO3. The van der Waals surface area contributed by atoms with Gasteiger partial charge in [-0.15, -0.1) is 0 Å². The maximum absolute atomic E-state index is 12.4. The molecule has 4 rings (SSSR count). The summed E-state index contributed by atoms with van der Waals surface area (Å²) in [7, 11) is 0. The zero-order chi connectivity index (χ0) is 13.2. The van der Waals surface area contributed by atoms with Crippen molar-refractivity contribution in [2.45, 2.75) is 44.3 Å². The van der Waals surface area contributed by atoms with Gasteiger partial charge in [-0.1, -0.05) is 24.3 Å². The van der Waals surface area contributed by atoms with Crippen LogP contribution in [0.5, 0.6) is 0 Å². The Labute approximate surface area is 112 Å². The fourth-order valence-electron chi connectivity index (χ4n) is 3.57. The van der Waals surface area contributed by atoms with Crippen molar-refractivity contribution in [3.05, 3.63) is 35.4 Å². The molecule has 4 nitrogen and oxygen atoms in total. The number of ether oxygens (including phenoxy) is 2. The standard InChI is InChI=1S/C15H17NO3/c1-15(2)18-12-11-10-6-4-3-5-9(10)7-8-16(11)14(17)13(12)19-15/h3-6,11-13H,7-8H2,1-2H3/t11-,12-,13-/m0/s1. The summed E-state index contributed by atoms with van der Waals surface area (Å²) in [5, 5.41) is 0. The van der Waals surface area contributed by atoms with Crippen LogP contribution in [0.1, 0.15) is 31.0 Å². The van der Waals surface area contributed by atoms with E-state index >= 15 is 0 Å². The largest absolute Gasteiger partial charge is 0.341 e. The zero-order valence-corrected chi connectivity index (χ0v) is 11.1. The molecule has 0 radical (unpaired) electrons. The van der Waals surface area contributed by atoms with E-state index in [1.54, 1.807) is 0 Å². The van der Waals surface area contributed by atoms with E-state index in [4.69, 9.17) is 9.47 Å². The van der Waals surface area contributed by atoms with Gasteiger partial charge in [0.05, 0.1) is 6.04 Å². The lowest BCUT2D eigenvalue weighted by Crippen LogP contribution is -2.39. The lowest BCUT2D eigenvalue weighted by Gasteiger charge is -2.35. The predicted molar refractivity (Wildman–Crippen MR) is 68.4 cm³/mol. The third-order valence-electron chi connectivity index (χ3n) is 4.30. The van der Waals surface area contributed by atoms with E-state index in [2.05, 4.69) is 18.2 Å². The van der Waals surface area contributed by atoms with Crippen molar-refractivity contribution in [2.75, 3.05) is 6.54 Å². The summed E-state index contributed by atoms with van der Waals surface area (Å²) >= 11 is 0. The van der Waals surface area contributed by atoms with Gasteiger partial charge in [0, 0.05) is 6.54 Å². The molecule has 2 fully saturated rings. The van der Waals surface area contributed by atoms with E-state index in [1.807, 2.05) is 24.8 Å². The smallest absolute Gasteiger partial charge is 0.255 e. The van der Waals surface area contributed by atoms with Crippen LogP contribution >= 0.6 is 0 Å². The van der Waals surface area contributed by atoms with Crippen LogP contribution in [0.4, 0.5) is 0 Å². The zero-order valence-electron chi connectivity index (χ0n) is 11.1. The van der Waals surface area contributed by atoms with Crippen LogP contribution in [0.15, 0.2) is 24.3 Å². The molecule has 0 N–H and O–H groups in total. The lowest BCUT2D eigenvalue weighted by atomic mass is 9.91. The minimum absolute atomic E-state index is 0.0178. The number of amides is 1. The highest BCUT2D eigenvalue weighted by Crippen LogP contribution is 2.46. The van der Waals surface area contributed by atoms with Crippen molar-refractivity contribution in [3.63, 3.8) is 0 Å². The molecule has 0 spiro atoms.